The molecule has 1 aliphatic rings. The van der Waals surface area contributed by atoms with Crippen molar-refractivity contribution in [1.29, 1.82) is 0 Å². The lowest BCUT2D eigenvalue weighted by atomic mass is 9.83. The van der Waals surface area contributed by atoms with Crippen molar-refractivity contribution in [3.63, 3.8) is 0 Å². The first kappa shape index (κ1) is 12.6. The molecule has 0 aromatic carbocycles. The van der Waals surface area contributed by atoms with E-state index < -0.39 is 22.9 Å². The minimum Gasteiger partial charge on any atom is -0.461 e. The van der Waals surface area contributed by atoms with Crippen molar-refractivity contribution in [1.82, 2.24) is 0 Å². The molecule has 1 fully saturated rings. The maximum atomic E-state index is 11.4. The smallest absolute Gasteiger partial charge is 0.381 e. The summed E-state index contributed by atoms with van der Waals surface area (Å²) in [6.45, 7) is 1.71. The molecule has 0 aliphatic heterocycles. The first-order valence-electron chi connectivity index (χ1n) is 5.38. The van der Waals surface area contributed by atoms with Crippen molar-refractivity contribution < 1.29 is 19.2 Å². The summed E-state index contributed by atoms with van der Waals surface area (Å²) in [4.78, 5) is 32.8. The molecule has 6 heteroatoms. The maximum Gasteiger partial charge on any atom is 0.381 e. The zero-order chi connectivity index (χ0) is 12.1. The number of nitro groups is 1. The molecular formula is C10H15NO5. The molecule has 1 unspecified atom stereocenters. The minimum atomic E-state index is -1.39. The number of ether oxygens (including phenoxy) is 1. The molecule has 0 aromatic rings. The monoisotopic (exact) mass is 229 g/mol. The highest BCUT2D eigenvalue weighted by Crippen LogP contribution is 2.26. The van der Waals surface area contributed by atoms with Gasteiger partial charge in [0.25, 0.3) is 0 Å². The standard InChI is InChI=1S/C10H15NO5/c1-2-16-10(13)9(11(14)15)7-4-3-5-8(12)6-7/h7,9H,2-6H2,1H3/t7-,9?/m1/s1. The second-order valence-electron chi connectivity index (χ2n) is 3.88. The molecule has 1 saturated carbocycles. The van der Waals surface area contributed by atoms with Crippen LogP contribution in [0.15, 0.2) is 0 Å². The van der Waals surface area contributed by atoms with Crippen LogP contribution < -0.4 is 0 Å². The summed E-state index contributed by atoms with van der Waals surface area (Å²) in [5, 5.41) is 10.8. The van der Waals surface area contributed by atoms with Crippen molar-refractivity contribution in [2.45, 2.75) is 38.6 Å². The average Bonchev–Trinajstić information content (AvgIpc) is 2.17. The number of esters is 1. The van der Waals surface area contributed by atoms with E-state index in [9.17, 15) is 19.7 Å². The van der Waals surface area contributed by atoms with Crippen LogP contribution in [0.4, 0.5) is 0 Å². The molecule has 90 valence electrons. The van der Waals surface area contributed by atoms with E-state index in [-0.39, 0.29) is 18.8 Å². The van der Waals surface area contributed by atoms with E-state index in [1.54, 1.807) is 6.92 Å². The molecule has 0 aromatic heterocycles. The van der Waals surface area contributed by atoms with Gasteiger partial charge in [-0.05, 0) is 19.8 Å². The van der Waals surface area contributed by atoms with Crippen LogP contribution in [-0.4, -0.2) is 29.3 Å². The van der Waals surface area contributed by atoms with E-state index in [4.69, 9.17) is 0 Å². The lowest BCUT2D eigenvalue weighted by molar-refractivity contribution is -0.520. The summed E-state index contributed by atoms with van der Waals surface area (Å²) in [5.41, 5.74) is 0. The third-order valence-electron chi connectivity index (χ3n) is 2.72. The van der Waals surface area contributed by atoms with Gasteiger partial charge in [-0.3, -0.25) is 14.9 Å². The van der Waals surface area contributed by atoms with Crippen LogP contribution >= 0.6 is 0 Å². The Kier molecular flexibility index (Phi) is 4.39. The molecule has 0 saturated heterocycles. The zero-order valence-corrected chi connectivity index (χ0v) is 9.18. The van der Waals surface area contributed by atoms with Gasteiger partial charge in [-0.15, -0.1) is 0 Å². The van der Waals surface area contributed by atoms with Gasteiger partial charge in [-0.25, -0.2) is 4.79 Å². The summed E-state index contributed by atoms with van der Waals surface area (Å²) < 4.78 is 4.66. The highest BCUT2D eigenvalue weighted by Gasteiger charge is 2.42. The zero-order valence-electron chi connectivity index (χ0n) is 9.18. The molecule has 0 spiro atoms. The minimum absolute atomic E-state index is 0.00704. The largest absolute Gasteiger partial charge is 0.461 e. The predicted octanol–water partition coefficient (Wildman–Crippen LogP) is 0.954. The number of hydrogen-bond acceptors (Lipinski definition) is 5. The summed E-state index contributed by atoms with van der Waals surface area (Å²) in [6, 6.07) is -1.39. The van der Waals surface area contributed by atoms with Gasteiger partial charge in [0, 0.05) is 23.7 Å². The van der Waals surface area contributed by atoms with Crippen molar-refractivity contribution >= 4 is 11.8 Å². The molecule has 0 amide bonds. The Morgan fingerprint density at radius 2 is 2.38 bits per heavy atom. The predicted molar refractivity (Wildman–Crippen MR) is 54.4 cm³/mol. The number of Topliss-reactive ketones (excluding diaryl/α,β-unsaturated/α-hetero) is 1. The van der Waals surface area contributed by atoms with Crippen molar-refractivity contribution in [3.05, 3.63) is 10.1 Å². The first-order valence-corrected chi connectivity index (χ1v) is 5.38. The molecule has 16 heavy (non-hydrogen) atoms. The van der Waals surface area contributed by atoms with Gasteiger partial charge >= 0.3 is 12.0 Å². The SMILES string of the molecule is CCOC(=O)C([C@@H]1CCCC(=O)C1)[N+](=O)[O-]. The molecule has 0 bridgehead atoms. The van der Waals surface area contributed by atoms with Crippen LogP contribution in [0.1, 0.15) is 32.6 Å². The quantitative estimate of drug-likeness (QED) is 0.407. The van der Waals surface area contributed by atoms with Crippen molar-refractivity contribution in [3.8, 4) is 0 Å². The van der Waals surface area contributed by atoms with Gasteiger partial charge in [0.1, 0.15) is 5.78 Å². The fourth-order valence-corrected chi connectivity index (χ4v) is 2.01. The maximum absolute atomic E-state index is 11.4. The molecule has 6 nitrogen and oxygen atoms in total. The van der Waals surface area contributed by atoms with Gasteiger partial charge in [0.15, 0.2) is 0 Å². The third-order valence-corrected chi connectivity index (χ3v) is 2.72. The Labute approximate surface area is 93.1 Å². The number of rotatable bonds is 4. The number of hydrogen-bond donors (Lipinski definition) is 0. The van der Waals surface area contributed by atoms with Gasteiger partial charge in [-0.2, -0.15) is 0 Å². The number of ketones is 1. The third kappa shape index (κ3) is 3.01. The van der Waals surface area contributed by atoms with Crippen molar-refractivity contribution in [2.24, 2.45) is 5.92 Å². The molecule has 0 heterocycles. The van der Waals surface area contributed by atoms with Crippen LogP contribution in [0.3, 0.4) is 0 Å². The van der Waals surface area contributed by atoms with Crippen LogP contribution in [0.5, 0.6) is 0 Å². The van der Waals surface area contributed by atoms with E-state index >= 15 is 0 Å². The molecule has 0 radical (unpaired) electrons. The normalized spacial score (nSPS) is 22.6. The first-order chi connectivity index (χ1) is 7.56. The highest BCUT2D eigenvalue weighted by molar-refractivity contribution is 5.81. The van der Waals surface area contributed by atoms with Crippen LogP contribution in [0.2, 0.25) is 0 Å². The van der Waals surface area contributed by atoms with Gasteiger partial charge in [-0.1, -0.05) is 0 Å². The average molecular weight is 229 g/mol. The Morgan fingerprint density at radius 3 is 2.88 bits per heavy atom. The van der Waals surface area contributed by atoms with E-state index in [2.05, 4.69) is 4.74 Å². The molecule has 1 aliphatic carbocycles. The summed E-state index contributed by atoms with van der Waals surface area (Å²) >= 11 is 0. The van der Waals surface area contributed by atoms with Gasteiger partial charge in [0.05, 0.1) is 6.61 Å². The van der Waals surface area contributed by atoms with E-state index in [0.717, 1.165) is 0 Å². The highest BCUT2D eigenvalue weighted by atomic mass is 16.6. The van der Waals surface area contributed by atoms with Crippen LogP contribution in [0, 0.1) is 16.0 Å². The fourth-order valence-electron chi connectivity index (χ4n) is 2.01. The topological polar surface area (TPSA) is 86.5 Å². The number of nitrogens with zero attached hydrogens (tertiary/aromatic N) is 1. The van der Waals surface area contributed by atoms with E-state index in [1.165, 1.54) is 0 Å². The lowest BCUT2D eigenvalue weighted by Crippen LogP contribution is -2.40. The van der Waals surface area contributed by atoms with Gasteiger partial charge in [0.2, 0.25) is 0 Å². The lowest BCUT2D eigenvalue weighted by Gasteiger charge is -2.22. The molecular weight excluding hydrogens is 214 g/mol. The van der Waals surface area contributed by atoms with Crippen LogP contribution in [-0.2, 0) is 14.3 Å². The molecule has 2 atom stereocenters. The Balaban J connectivity index is 2.72. The Morgan fingerprint density at radius 1 is 1.69 bits per heavy atom. The fraction of sp³-hybridized carbons (Fsp3) is 0.800. The van der Waals surface area contributed by atoms with E-state index in [1.807, 2.05) is 0 Å². The second-order valence-corrected chi connectivity index (χ2v) is 3.88. The molecule has 0 N–H and O–H groups in total. The van der Waals surface area contributed by atoms with Crippen molar-refractivity contribution in [2.75, 3.05) is 6.61 Å². The second kappa shape index (κ2) is 5.58. The molecule has 1 rings (SSSR count). The van der Waals surface area contributed by atoms with E-state index in [0.29, 0.717) is 19.3 Å². The Hall–Kier alpha value is -1.46. The summed E-state index contributed by atoms with van der Waals surface area (Å²) in [6.07, 6.45) is 1.73. The summed E-state index contributed by atoms with van der Waals surface area (Å²) in [5.74, 6) is -1.34. The summed E-state index contributed by atoms with van der Waals surface area (Å²) in [7, 11) is 0. The number of carbonyl (C=O) groups excluding carboxylic acids is 2. The van der Waals surface area contributed by atoms with Crippen LogP contribution in [0.25, 0.3) is 0 Å². The van der Waals surface area contributed by atoms with Gasteiger partial charge < -0.3 is 4.74 Å². The number of carbonyl (C=O) groups is 2. The Bertz CT molecular complexity index is 302.